The first kappa shape index (κ1) is 18.9. The lowest BCUT2D eigenvalue weighted by Crippen LogP contribution is -2.60. The second-order valence-corrected chi connectivity index (χ2v) is 6.82. The number of rotatable bonds is 3. The minimum atomic E-state index is -1.54. The molecule has 3 aromatic rings. The van der Waals surface area contributed by atoms with Gasteiger partial charge in [-0.3, -0.25) is 0 Å². The van der Waals surface area contributed by atoms with E-state index in [1.165, 1.54) is 0 Å². The van der Waals surface area contributed by atoms with E-state index in [1.54, 1.807) is 31.2 Å². The smallest absolute Gasteiger partial charge is 0.344 e. The van der Waals surface area contributed by atoms with E-state index < -0.39 is 42.9 Å². The first-order chi connectivity index (χ1) is 13.4. The molecule has 4 N–H and O–H groups in total. The molecule has 1 aliphatic rings. The molecule has 2 heterocycles. The number of ether oxygens (including phenoxy) is 2. The fourth-order valence-electron chi connectivity index (χ4n) is 3.48. The Bertz CT molecular complexity index is 1070. The van der Waals surface area contributed by atoms with Gasteiger partial charge in [-0.15, -0.1) is 0 Å². The maximum absolute atomic E-state index is 12.3. The second kappa shape index (κ2) is 7.16. The fraction of sp³-hybridized carbons (Fsp3) is 0.350. The van der Waals surface area contributed by atoms with E-state index in [0.29, 0.717) is 16.5 Å². The zero-order valence-corrected chi connectivity index (χ0v) is 15.0. The number of hydrogen-bond donors (Lipinski definition) is 4. The van der Waals surface area contributed by atoms with Crippen molar-refractivity contribution in [2.24, 2.45) is 0 Å². The van der Waals surface area contributed by atoms with Gasteiger partial charge in [-0.25, -0.2) is 4.79 Å². The summed E-state index contributed by atoms with van der Waals surface area (Å²) < 4.78 is 16.5. The minimum Gasteiger partial charge on any atom is -0.462 e. The van der Waals surface area contributed by atoms with Gasteiger partial charge in [0.2, 0.25) is 6.29 Å². The van der Waals surface area contributed by atoms with Crippen molar-refractivity contribution < 1.29 is 34.3 Å². The maximum atomic E-state index is 12.3. The summed E-state index contributed by atoms with van der Waals surface area (Å²) >= 11 is 0. The molecule has 5 atom stereocenters. The van der Waals surface area contributed by atoms with E-state index in [9.17, 15) is 25.2 Å². The predicted molar refractivity (Wildman–Crippen MR) is 99.1 cm³/mol. The van der Waals surface area contributed by atoms with Crippen LogP contribution in [0.2, 0.25) is 0 Å². The normalized spacial score (nSPS) is 28.0. The zero-order chi connectivity index (χ0) is 20.0. The average Bonchev–Trinajstić information content (AvgIpc) is 2.71. The summed E-state index contributed by atoms with van der Waals surface area (Å²) in [6, 6.07) is 10.5. The van der Waals surface area contributed by atoms with E-state index in [1.807, 2.05) is 12.1 Å². The predicted octanol–water partition coefficient (Wildman–Crippen LogP) is 0.433. The minimum absolute atomic E-state index is 0.273. The third-order valence-electron chi connectivity index (χ3n) is 5.08. The second-order valence-electron chi connectivity index (χ2n) is 6.82. The Morgan fingerprint density at radius 2 is 1.68 bits per heavy atom. The van der Waals surface area contributed by atoms with E-state index in [2.05, 4.69) is 0 Å². The van der Waals surface area contributed by atoms with Gasteiger partial charge in [-0.2, -0.15) is 0 Å². The van der Waals surface area contributed by atoms with Gasteiger partial charge in [-0.1, -0.05) is 18.2 Å². The van der Waals surface area contributed by atoms with Gasteiger partial charge in [0.05, 0.1) is 12.0 Å². The lowest BCUT2D eigenvalue weighted by Gasteiger charge is -2.39. The van der Waals surface area contributed by atoms with Crippen LogP contribution in [0.5, 0.6) is 5.75 Å². The molecule has 28 heavy (non-hydrogen) atoms. The van der Waals surface area contributed by atoms with Crippen molar-refractivity contribution in [1.29, 1.82) is 0 Å². The average molecular weight is 388 g/mol. The maximum Gasteiger partial charge on any atom is 0.344 e. The van der Waals surface area contributed by atoms with Crippen LogP contribution in [-0.4, -0.2) is 57.7 Å². The first-order valence-electron chi connectivity index (χ1n) is 8.84. The van der Waals surface area contributed by atoms with Crippen molar-refractivity contribution in [1.82, 2.24) is 0 Å². The molecule has 0 saturated carbocycles. The Hall–Kier alpha value is -2.49. The Morgan fingerprint density at radius 1 is 0.964 bits per heavy atom. The summed E-state index contributed by atoms with van der Waals surface area (Å²) in [7, 11) is 0. The summed E-state index contributed by atoms with van der Waals surface area (Å²) in [6.45, 7) is 1.14. The van der Waals surface area contributed by atoms with E-state index >= 15 is 0 Å². The molecule has 0 bridgehead atoms. The van der Waals surface area contributed by atoms with Crippen LogP contribution in [0.3, 0.4) is 0 Å². The molecule has 2 aromatic carbocycles. The monoisotopic (exact) mass is 388 g/mol. The number of aliphatic hydroxyl groups is 4. The van der Waals surface area contributed by atoms with Crippen molar-refractivity contribution >= 4 is 21.7 Å². The Labute approximate surface area is 159 Å². The SMILES string of the molecule is Cc1c(OC2OC(CO)C(O)C(O)C2O)ccc2c1oc(=O)c1ccccc12. The van der Waals surface area contributed by atoms with Gasteiger partial charge in [0.15, 0.2) is 0 Å². The van der Waals surface area contributed by atoms with Crippen LogP contribution in [0.4, 0.5) is 0 Å². The van der Waals surface area contributed by atoms with Crippen LogP contribution >= 0.6 is 0 Å². The van der Waals surface area contributed by atoms with Crippen molar-refractivity contribution in [3.05, 3.63) is 52.4 Å². The quantitative estimate of drug-likeness (QED) is 0.376. The molecule has 8 heteroatoms. The number of aliphatic hydroxyl groups excluding tert-OH is 4. The van der Waals surface area contributed by atoms with Gasteiger partial charge in [0.1, 0.15) is 35.7 Å². The molecule has 0 spiro atoms. The van der Waals surface area contributed by atoms with Gasteiger partial charge < -0.3 is 34.3 Å². The molecule has 1 saturated heterocycles. The Balaban J connectivity index is 1.75. The first-order valence-corrected chi connectivity index (χ1v) is 8.84. The van der Waals surface area contributed by atoms with Gasteiger partial charge in [0, 0.05) is 10.9 Å². The number of fused-ring (bicyclic) bond motifs is 3. The number of aryl methyl sites for hydroxylation is 1. The summed E-state index contributed by atoms with van der Waals surface area (Å²) in [5.41, 5.74) is 0.374. The standard InChI is InChI=1S/C20H20O8/c1-9-13(26-20-17(24)16(23)15(22)14(8-21)27-20)7-6-11-10-4-2-3-5-12(10)19(25)28-18(9)11/h2-7,14-17,20-24H,8H2,1H3. The Morgan fingerprint density at radius 3 is 2.39 bits per heavy atom. The topological polar surface area (TPSA) is 130 Å². The molecule has 1 aromatic heterocycles. The van der Waals surface area contributed by atoms with Gasteiger partial charge in [0.25, 0.3) is 0 Å². The van der Waals surface area contributed by atoms with Gasteiger partial charge in [-0.05, 0) is 30.5 Å². The van der Waals surface area contributed by atoms with Gasteiger partial charge >= 0.3 is 5.63 Å². The molecular weight excluding hydrogens is 368 g/mol. The van der Waals surface area contributed by atoms with E-state index in [4.69, 9.17) is 13.9 Å². The van der Waals surface area contributed by atoms with Crippen LogP contribution in [0.25, 0.3) is 21.7 Å². The third-order valence-corrected chi connectivity index (χ3v) is 5.08. The highest BCUT2D eigenvalue weighted by Gasteiger charge is 2.44. The molecule has 0 radical (unpaired) electrons. The largest absolute Gasteiger partial charge is 0.462 e. The zero-order valence-electron chi connectivity index (χ0n) is 15.0. The van der Waals surface area contributed by atoms with Crippen LogP contribution < -0.4 is 10.4 Å². The molecular formula is C20H20O8. The lowest BCUT2D eigenvalue weighted by atomic mass is 9.99. The molecule has 5 unspecified atom stereocenters. The molecule has 0 aliphatic carbocycles. The van der Waals surface area contributed by atoms with Crippen LogP contribution in [0, 0.1) is 6.92 Å². The molecule has 1 fully saturated rings. The van der Waals surface area contributed by atoms with E-state index in [-0.39, 0.29) is 5.75 Å². The van der Waals surface area contributed by atoms with Crippen molar-refractivity contribution in [3.63, 3.8) is 0 Å². The van der Waals surface area contributed by atoms with E-state index in [0.717, 1.165) is 10.8 Å². The molecule has 4 rings (SSSR count). The molecule has 1 aliphatic heterocycles. The molecule has 8 nitrogen and oxygen atoms in total. The summed E-state index contributed by atoms with van der Waals surface area (Å²) in [5.74, 6) is 0.273. The lowest BCUT2D eigenvalue weighted by molar-refractivity contribution is -0.277. The van der Waals surface area contributed by atoms with Crippen molar-refractivity contribution in [3.8, 4) is 5.75 Å². The Kier molecular flexibility index (Phi) is 4.82. The highest BCUT2D eigenvalue weighted by atomic mass is 16.7. The molecule has 148 valence electrons. The highest BCUT2D eigenvalue weighted by molar-refractivity contribution is 6.05. The summed E-state index contributed by atoms with van der Waals surface area (Å²) in [5, 5.41) is 41.2. The van der Waals surface area contributed by atoms with Crippen LogP contribution in [0.15, 0.2) is 45.6 Å². The number of hydrogen-bond acceptors (Lipinski definition) is 8. The summed E-state index contributed by atoms with van der Waals surface area (Å²) in [6.07, 6.45) is -6.94. The van der Waals surface area contributed by atoms with Crippen LogP contribution in [-0.2, 0) is 4.74 Å². The highest BCUT2D eigenvalue weighted by Crippen LogP contribution is 2.33. The van der Waals surface area contributed by atoms with Crippen LogP contribution in [0.1, 0.15) is 5.56 Å². The summed E-state index contributed by atoms with van der Waals surface area (Å²) in [4.78, 5) is 12.3. The fourth-order valence-corrected chi connectivity index (χ4v) is 3.48. The van der Waals surface area contributed by atoms with Crippen molar-refractivity contribution in [2.75, 3.05) is 6.61 Å². The third kappa shape index (κ3) is 2.95. The van der Waals surface area contributed by atoms with Crippen molar-refractivity contribution in [2.45, 2.75) is 37.6 Å². The number of benzene rings is 2. The molecule has 0 amide bonds.